The zero-order valence-electron chi connectivity index (χ0n) is 23.2. The maximum Gasteiger partial charge on any atom is 0.407 e. The van der Waals surface area contributed by atoms with Gasteiger partial charge < -0.3 is 35.5 Å². The molecule has 3 atom stereocenters. The maximum atomic E-state index is 13.3. The maximum absolute atomic E-state index is 13.3. The smallest absolute Gasteiger partial charge is 0.407 e. The second kappa shape index (κ2) is 13.6. The molecule has 232 valence electrons. The zero-order valence-corrected chi connectivity index (χ0v) is 25.6. The number of hydrogen-bond acceptors (Lipinski definition) is 14. The molecule has 0 aliphatic carbocycles. The quantitative estimate of drug-likeness (QED) is 0.0490. The minimum absolute atomic E-state index is 0.0252. The molecule has 4 amide bonds. The molecule has 0 spiro atoms. The normalized spacial score (nSPS) is 21.7. The fourth-order valence-corrected chi connectivity index (χ4v) is 7.21. The van der Waals surface area contributed by atoms with E-state index in [9.17, 15) is 29.1 Å². The van der Waals surface area contributed by atoms with Crippen molar-refractivity contribution < 1.29 is 38.7 Å². The topological polar surface area (TPSA) is 230 Å². The summed E-state index contributed by atoms with van der Waals surface area (Å²) in [5.41, 5.74) is -2.07. The lowest BCUT2D eigenvalue weighted by molar-refractivity contribution is -0.157. The van der Waals surface area contributed by atoms with Gasteiger partial charge in [0.15, 0.2) is 10.8 Å². The molecule has 5 N–H and O–H groups in total. The molecule has 43 heavy (non-hydrogen) atoms. The molecule has 20 heteroatoms. The highest BCUT2D eigenvalue weighted by atomic mass is 32.2. The van der Waals surface area contributed by atoms with Gasteiger partial charge in [0.05, 0.1) is 12.7 Å². The molecule has 2 fully saturated rings. The second-order valence-corrected chi connectivity index (χ2v) is 13.3. The number of carboxylic acid groups (broad SMARTS) is 1. The largest absolute Gasteiger partial charge is 0.481 e. The van der Waals surface area contributed by atoms with Crippen molar-refractivity contribution in [1.29, 1.82) is 0 Å². The standard InChI is InChI=1S/C23H29N9O8S3/c1-22(2,3)40-21(38)24-4-5-39-30-14(12-7-41-20(27-12)25-11-33)16(34)28-15-17(35)32-8-23(19(36)37,10-43-18(15)32)9-42-13-6-26-31-29-13/h6-7,11,15,18H,4-5,8-10H2,1-3H3,(H,24,38)(H,28,34)(H,36,37)(H,25,27,33)(H,26,29,31)/t15?,18-,23?/m1/s1. The van der Waals surface area contributed by atoms with Gasteiger partial charge in [-0.1, -0.05) is 5.16 Å². The number of β-lactam (4-membered cyclic amide) rings is 1. The molecule has 2 aliphatic heterocycles. The number of fused-ring (bicyclic) bond motifs is 1. The first-order valence-corrected chi connectivity index (χ1v) is 15.6. The Hall–Kier alpha value is -3.91. The van der Waals surface area contributed by atoms with Gasteiger partial charge in [-0.15, -0.1) is 40.0 Å². The van der Waals surface area contributed by atoms with E-state index < -0.39 is 46.3 Å². The number of aliphatic carboxylic acids is 1. The molecule has 2 saturated heterocycles. The molecule has 0 bridgehead atoms. The van der Waals surface area contributed by atoms with Crippen molar-refractivity contribution in [3.05, 3.63) is 17.3 Å². The van der Waals surface area contributed by atoms with E-state index >= 15 is 0 Å². The van der Waals surface area contributed by atoms with Gasteiger partial charge in [-0.2, -0.15) is 10.3 Å². The monoisotopic (exact) mass is 655 g/mol. The van der Waals surface area contributed by atoms with Crippen molar-refractivity contribution in [2.75, 3.05) is 36.5 Å². The van der Waals surface area contributed by atoms with Crippen LogP contribution in [0.4, 0.5) is 9.93 Å². The van der Waals surface area contributed by atoms with Crippen molar-refractivity contribution in [3.8, 4) is 0 Å². The molecular formula is C23H29N9O8S3. The molecule has 2 unspecified atom stereocenters. The predicted octanol–water partition coefficient (Wildman–Crippen LogP) is 0.338. The third-order valence-corrected chi connectivity index (χ3v) is 9.49. The zero-order chi connectivity index (χ0) is 31.2. The second-order valence-electron chi connectivity index (χ2n) is 10.3. The molecule has 0 aromatic carbocycles. The van der Waals surface area contributed by atoms with Crippen LogP contribution in [0.1, 0.15) is 26.5 Å². The van der Waals surface area contributed by atoms with Gasteiger partial charge in [-0.05, 0) is 20.8 Å². The van der Waals surface area contributed by atoms with E-state index in [2.05, 4.69) is 41.5 Å². The number of H-pyrrole nitrogens is 1. The number of nitrogens with one attached hydrogen (secondary N) is 4. The Morgan fingerprint density at radius 3 is 2.84 bits per heavy atom. The van der Waals surface area contributed by atoms with Crippen molar-refractivity contribution in [1.82, 2.24) is 35.9 Å². The van der Waals surface area contributed by atoms with Gasteiger partial charge >= 0.3 is 12.1 Å². The Labute approximate surface area is 257 Å². The highest BCUT2D eigenvalue weighted by Gasteiger charge is 2.57. The fourth-order valence-electron chi connectivity index (χ4n) is 3.92. The number of hydrogen-bond donors (Lipinski definition) is 5. The van der Waals surface area contributed by atoms with Gasteiger partial charge in [0.1, 0.15) is 39.8 Å². The molecule has 4 heterocycles. The van der Waals surface area contributed by atoms with Gasteiger partial charge in [0.2, 0.25) is 12.3 Å². The summed E-state index contributed by atoms with van der Waals surface area (Å²) in [5, 5.41) is 33.3. The van der Waals surface area contributed by atoms with Crippen molar-refractivity contribution in [3.63, 3.8) is 0 Å². The summed E-state index contributed by atoms with van der Waals surface area (Å²) in [5.74, 6) is -1.86. The summed E-state index contributed by atoms with van der Waals surface area (Å²) in [6.07, 6.45) is 1.27. The minimum atomic E-state index is -1.22. The van der Waals surface area contributed by atoms with Gasteiger partial charge in [-0.3, -0.25) is 19.2 Å². The first-order valence-electron chi connectivity index (χ1n) is 12.7. The number of carbonyl (C=O) groups is 5. The van der Waals surface area contributed by atoms with Crippen LogP contribution in [0.25, 0.3) is 0 Å². The number of aromatic nitrogens is 4. The van der Waals surface area contributed by atoms with Crippen LogP contribution in [0.3, 0.4) is 0 Å². The number of aromatic amines is 1. The summed E-state index contributed by atoms with van der Waals surface area (Å²) < 4.78 is 5.14. The van der Waals surface area contributed by atoms with Gasteiger partial charge in [0, 0.05) is 23.4 Å². The number of carbonyl (C=O) groups excluding carboxylic acids is 4. The first-order chi connectivity index (χ1) is 20.4. The van der Waals surface area contributed by atoms with Crippen LogP contribution in [0.15, 0.2) is 21.8 Å². The van der Waals surface area contributed by atoms with Crippen LogP contribution in [-0.2, 0) is 28.8 Å². The van der Waals surface area contributed by atoms with E-state index in [1.54, 1.807) is 20.8 Å². The number of oxime groups is 1. The molecular weight excluding hydrogens is 627 g/mol. The minimum Gasteiger partial charge on any atom is -0.481 e. The highest BCUT2D eigenvalue weighted by molar-refractivity contribution is 8.00. The lowest BCUT2D eigenvalue weighted by Gasteiger charge is -2.53. The Balaban J connectivity index is 1.39. The number of alkyl carbamates (subject to hydrolysis) is 1. The number of carboxylic acids is 1. The summed E-state index contributed by atoms with van der Waals surface area (Å²) in [7, 11) is 0. The van der Waals surface area contributed by atoms with E-state index in [1.165, 1.54) is 40.0 Å². The Kier molecular flexibility index (Phi) is 10.1. The molecule has 0 saturated carbocycles. The fraction of sp³-hybridized carbons (Fsp3) is 0.522. The van der Waals surface area contributed by atoms with Crippen LogP contribution < -0.4 is 16.0 Å². The predicted molar refractivity (Wildman–Crippen MR) is 156 cm³/mol. The van der Waals surface area contributed by atoms with E-state index in [0.717, 1.165) is 11.3 Å². The number of anilines is 1. The number of thioether (sulfide) groups is 2. The number of nitrogens with zero attached hydrogens (tertiary/aromatic N) is 5. The van der Waals surface area contributed by atoms with E-state index in [4.69, 9.17) is 9.57 Å². The Morgan fingerprint density at radius 2 is 2.16 bits per heavy atom. The van der Waals surface area contributed by atoms with Gasteiger partial charge in [-0.25, -0.2) is 9.78 Å². The lowest BCUT2D eigenvalue weighted by Crippen LogP contribution is -2.74. The molecule has 2 aromatic heterocycles. The number of rotatable bonds is 13. The molecule has 0 radical (unpaired) electrons. The summed E-state index contributed by atoms with van der Waals surface area (Å²) >= 11 is 3.52. The summed E-state index contributed by atoms with van der Waals surface area (Å²) in [6.45, 7) is 5.05. The molecule has 17 nitrogen and oxygen atoms in total. The van der Waals surface area contributed by atoms with Crippen molar-refractivity contribution in [2.45, 2.75) is 42.8 Å². The third-order valence-electron chi connectivity index (χ3n) is 5.94. The van der Waals surface area contributed by atoms with E-state index in [-0.39, 0.29) is 47.7 Å². The van der Waals surface area contributed by atoms with Crippen molar-refractivity contribution >= 4 is 76.0 Å². The summed E-state index contributed by atoms with van der Waals surface area (Å²) in [4.78, 5) is 72.1. The van der Waals surface area contributed by atoms with Crippen LogP contribution in [0.2, 0.25) is 0 Å². The Bertz CT molecular complexity index is 1380. The third kappa shape index (κ3) is 7.93. The van der Waals surface area contributed by atoms with E-state index in [1.807, 2.05) is 0 Å². The number of amides is 4. The van der Waals surface area contributed by atoms with Crippen LogP contribution in [-0.4, -0.2) is 115 Å². The first kappa shape index (κ1) is 32.0. The van der Waals surface area contributed by atoms with E-state index in [0.29, 0.717) is 11.4 Å². The van der Waals surface area contributed by atoms with Gasteiger partial charge in [0.25, 0.3) is 5.91 Å². The number of thiazole rings is 1. The average molecular weight is 656 g/mol. The molecule has 4 rings (SSSR count). The van der Waals surface area contributed by atoms with Crippen LogP contribution in [0, 0.1) is 5.41 Å². The summed E-state index contributed by atoms with van der Waals surface area (Å²) in [6, 6.07) is -0.933. The lowest BCUT2D eigenvalue weighted by atomic mass is 9.89. The van der Waals surface area contributed by atoms with Crippen molar-refractivity contribution in [2.24, 2.45) is 10.6 Å². The Morgan fingerprint density at radius 1 is 1.37 bits per heavy atom. The van der Waals surface area contributed by atoms with Crippen LogP contribution in [0.5, 0.6) is 0 Å². The molecule has 2 aliphatic rings. The molecule has 2 aromatic rings. The highest BCUT2D eigenvalue weighted by Crippen LogP contribution is 2.44. The SMILES string of the molecule is CC(C)(C)OC(=O)NCCON=C(C(=O)NC1C(=O)N2CC(CSc3cn[nH]n3)(C(=O)O)CS[C@H]12)c1csc(NC=O)n1. The number of ether oxygens (including phenoxy) is 1. The van der Waals surface area contributed by atoms with Crippen LogP contribution >= 0.6 is 34.9 Å². The average Bonchev–Trinajstić information content (AvgIpc) is 3.64.